The van der Waals surface area contributed by atoms with Crippen LogP contribution in [0.2, 0.25) is 0 Å². The number of hydrogen-bond acceptors (Lipinski definition) is 10. The maximum Gasteiger partial charge on any atom is 0.255 e. The van der Waals surface area contributed by atoms with Crippen molar-refractivity contribution < 1.29 is 28.7 Å². The topological polar surface area (TPSA) is 164 Å². The molecule has 4 heterocycles. The zero-order valence-electron chi connectivity index (χ0n) is 21.2. The number of amides is 4. The van der Waals surface area contributed by atoms with Crippen LogP contribution >= 0.6 is 0 Å². The van der Waals surface area contributed by atoms with Gasteiger partial charge in [-0.25, -0.2) is 4.98 Å². The van der Waals surface area contributed by atoms with Gasteiger partial charge in [0.25, 0.3) is 5.91 Å². The molecule has 0 radical (unpaired) electrons. The van der Waals surface area contributed by atoms with E-state index < -0.39 is 11.9 Å². The van der Waals surface area contributed by atoms with Crippen LogP contribution in [0.5, 0.6) is 11.5 Å². The third-order valence-corrected chi connectivity index (χ3v) is 6.83. The monoisotopic (exact) mass is 543 g/mol. The summed E-state index contributed by atoms with van der Waals surface area (Å²) in [7, 11) is 0. The molecule has 2 aromatic carbocycles. The standard InChI is InChI=1S/C27H25N7O6/c35-23-7-5-19(25(37)33-23)34-13-17-16(26(34)38)2-1-3-18(17)31-24(36)12-29-22-8-9-28-27(32-22)30-11-15-4-6-20-21(10-15)40-14-39-20/h1-4,6,8-10,19H,5,7,11-14H2,(H,31,36)(H,33,35,37)(H2,28,29,30,32). The highest BCUT2D eigenvalue weighted by molar-refractivity contribution is 6.07. The Labute approximate surface area is 228 Å². The van der Waals surface area contributed by atoms with Crippen LogP contribution in [0.3, 0.4) is 0 Å². The van der Waals surface area contributed by atoms with Crippen molar-refractivity contribution in [2.24, 2.45) is 0 Å². The van der Waals surface area contributed by atoms with Crippen molar-refractivity contribution >= 4 is 41.1 Å². The lowest BCUT2D eigenvalue weighted by Gasteiger charge is -2.29. The molecule has 0 saturated carbocycles. The van der Waals surface area contributed by atoms with Crippen LogP contribution in [-0.4, -0.2) is 57.9 Å². The molecule has 1 atom stereocenters. The van der Waals surface area contributed by atoms with Crippen LogP contribution in [0.15, 0.2) is 48.7 Å². The SMILES string of the molecule is O=C1CCC(N2Cc3c(NC(=O)CNc4ccnc(NCc5ccc6c(c5)OCO6)n4)cccc3C2=O)C(=O)N1. The Hall–Kier alpha value is -5.20. The molecule has 1 unspecified atom stereocenters. The first-order valence-corrected chi connectivity index (χ1v) is 12.7. The van der Waals surface area contributed by atoms with E-state index in [1.54, 1.807) is 30.5 Å². The minimum Gasteiger partial charge on any atom is -0.454 e. The molecule has 0 spiro atoms. The summed E-state index contributed by atoms with van der Waals surface area (Å²) in [6.07, 6.45) is 2.02. The molecule has 4 N–H and O–H groups in total. The van der Waals surface area contributed by atoms with Crippen molar-refractivity contribution in [3.63, 3.8) is 0 Å². The summed E-state index contributed by atoms with van der Waals surface area (Å²) in [6.45, 7) is 0.762. The van der Waals surface area contributed by atoms with Crippen LogP contribution < -0.4 is 30.7 Å². The van der Waals surface area contributed by atoms with Gasteiger partial charge in [0.1, 0.15) is 11.9 Å². The Bertz CT molecular complexity index is 1530. The van der Waals surface area contributed by atoms with Gasteiger partial charge in [0.2, 0.25) is 30.5 Å². The molecule has 3 aliphatic heterocycles. The highest BCUT2D eigenvalue weighted by Crippen LogP contribution is 2.33. The summed E-state index contributed by atoms with van der Waals surface area (Å²) < 4.78 is 10.7. The fraction of sp³-hybridized carbons (Fsp3) is 0.259. The minimum absolute atomic E-state index is 0.0763. The molecule has 3 aliphatic rings. The van der Waals surface area contributed by atoms with Gasteiger partial charge in [-0.15, -0.1) is 0 Å². The van der Waals surface area contributed by atoms with E-state index in [-0.39, 0.29) is 50.4 Å². The van der Waals surface area contributed by atoms with Crippen molar-refractivity contribution in [3.05, 3.63) is 65.4 Å². The number of imide groups is 1. The van der Waals surface area contributed by atoms with E-state index in [1.165, 1.54) is 4.90 Å². The molecule has 1 aromatic heterocycles. The first-order valence-electron chi connectivity index (χ1n) is 12.7. The number of anilines is 3. The first kappa shape index (κ1) is 25.1. The number of carbonyl (C=O) groups excluding carboxylic acids is 4. The molecule has 13 heteroatoms. The lowest BCUT2D eigenvalue weighted by Crippen LogP contribution is -2.52. The Morgan fingerprint density at radius 2 is 1.95 bits per heavy atom. The van der Waals surface area contributed by atoms with E-state index in [0.29, 0.717) is 46.6 Å². The van der Waals surface area contributed by atoms with Crippen molar-refractivity contribution in [3.8, 4) is 11.5 Å². The molecule has 1 fully saturated rings. The Morgan fingerprint density at radius 1 is 1.07 bits per heavy atom. The van der Waals surface area contributed by atoms with Gasteiger partial charge in [0, 0.05) is 42.5 Å². The smallest absolute Gasteiger partial charge is 0.255 e. The van der Waals surface area contributed by atoms with E-state index in [2.05, 4.69) is 31.2 Å². The average Bonchev–Trinajstić information content (AvgIpc) is 3.56. The van der Waals surface area contributed by atoms with E-state index in [9.17, 15) is 19.2 Å². The largest absolute Gasteiger partial charge is 0.454 e. The number of carbonyl (C=O) groups is 4. The van der Waals surface area contributed by atoms with Gasteiger partial charge in [0.05, 0.1) is 6.54 Å². The second-order valence-electron chi connectivity index (χ2n) is 9.44. The van der Waals surface area contributed by atoms with Gasteiger partial charge >= 0.3 is 0 Å². The Balaban J connectivity index is 1.05. The quantitative estimate of drug-likeness (QED) is 0.307. The normalized spacial score (nSPS) is 17.4. The van der Waals surface area contributed by atoms with Crippen LogP contribution in [0.25, 0.3) is 0 Å². The molecule has 1 saturated heterocycles. The lowest BCUT2D eigenvalue weighted by molar-refractivity contribution is -0.137. The number of nitrogens with zero attached hydrogens (tertiary/aromatic N) is 3. The van der Waals surface area contributed by atoms with Gasteiger partial charge in [-0.1, -0.05) is 12.1 Å². The number of benzene rings is 2. The first-order chi connectivity index (χ1) is 19.4. The molecule has 0 bridgehead atoms. The lowest BCUT2D eigenvalue weighted by atomic mass is 10.0. The van der Waals surface area contributed by atoms with Crippen molar-refractivity contribution in [2.45, 2.75) is 32.0 Å². The third kappa shape index (κ3) is 5.08. The van der Waals surface area contributed by atoms with Gasteiger partial charge in [0.15, 0.2) is 11.5 Å². The van der Waals surface area contributed by atoms with E-state index in [1.807, 2.05) is 18.2 Å². The fourth-order valence-electron chi connectivity index (χ4n) is 4.84. The summed E-state index contributed by atoms with van der Waals surface area (Å²) in [5.41, 5.74) is 2.50. The van der Waals surface area contributed by atoms with Crippen molar-refractivity contribution in [1.82, 2.24) is 20.2 Å². The highest BCUT2D eigenvalue weighted by Gasteiger charge is 2.39. The maximum absolute atomic E-state index is 13.0. The maximum atomic E-state index is 13.0. The molecule has 4 amide bonds. The second-order valence-corrected chi connectivity index (χ2v) is 9.44. The number of hydrogen-bond donors (Lipinski definition) is 4. The Kier molecular flexibility index (Phi) is 6.60. The van der Waals surface area contributed by atoms with Gasteiger partial charge in [-0.2, -0.15) is 4.98 Å². The van der Waals surface area contributed by atoms with Crippen LogP contribution in [0, 0.1) is 0 Å². The molecule has 0 aliphatic carbocycles. The zero-order valence-corrected chi connectivity index (χ0v) is 21.2. The summed E-state index contributed by atoms with van der Waals surface area (Å²) in [4.78, 5) is 59.7. The number of fused-ring (bicyclic) bond motifs is 2. The summed E-state index contributed by atoms with van der Waals surface area (Å²) in [5, 5.41) is 11.3. The summed E-state index contributed by atoms with van der Waals surface area (Å²) >= 11 is 0. The highest BCUT2D eigenvalue weighted by atomic mass is 16.7. The fourth-order valence-corrected chi connectivity index (χ4v) is 4.84. The van der Waals surface area contributed by atoms with Crippen molar-refractivity contribution in [1.29, 1.82) is 0 Å². The molecule has 13 nitrogen and oxygen atoms in total. The zero-order chi connectivity index (χ0) is 27.6. The third-order valence-electron chi connectivity index (χ3n) is 6.83. The minimum atomic E-state index is -0.728. The van der Waals surface area contributed by atoms with Crippen molar-refractivity contribution in [2.75, 3.05) is 29.3 Å². The van der Waals surface area contributed by atoms with E-state index >= 15 is 0 Å². The number of nitrogens with one attached hydrogen (secondary N) is 4. The molecular formula is C27H25N7O6. The summed E-state index contributed by atoms with van der Waals surface area (Å²) in [6, 6.07) is 11.6. The Morgan fingerprint density at radius 3 is 2.83 bits per heavy atom. The predicted octanol–water partition coefficient (Wildman–Crippen LogP) is 1.63. The van der Waals surface area contributed by atoms with E-state index in [4.69, 9.17) is 9.47 Å². The molecule has 3 aromatic rings. The number of ether oxygens (including phenoxy) is 2. The van der Waals surface area contributed by atoms with Gasteiger partial charge in [-0.05, 0) is 42.3 Å². The van der Waals surface area contributed by atoms with E-state index in [0.717, 1.165) is 5.56 Å². The predicted molar refractivity (Wildman–Crippen MR) is 142 cm³/mol. The molecule has 40 heavy (non-hydrogen) atoms. The van der Waals surface area contributed by atoms with Gasteiger partial charge in [-0.3, -0.25) is 24.5 Å². The van der Waals surface area contributed by atoms with Crippen LogP contribution in [-0.2, 0) is 27.5 Å². The molecule has 6 rings (SSSR count). The van der Waals surface area contributed by atoms with Gasteiger partial charge < -0.3 is 30.3 Å². The average molecular weight is 544 g/mol. The van der Waals surface area contributed by atoms with Crippen LogP contribution in [0.1, 0.15) is 34.3 Å². The number of piperidine rings is 1. The number of aromatic nitrogens is 2. The number of rotatable bonds is 8. The molecular weight excluding hydrogens is 518 g/mol. The van der Waals surface area contributed by atoms with Crippen LogP contribution in [0.4, 0.5) is 17.5 Å². The second kappa shape index (κ2) is 10.5. The summed E-state index contributed by atoms with van der Waals surface area (Å²) in [5.74, 6) is 0.770. The molecule has 204 valence electrons.